The van der Waals surface area contributed by atoms with Crippen LogP contribution in [0.3, 0.4) is 0 Å². The fourth-order valence-electron chi connectivity index (χ4n) is 3.89. The Hall–Kier alpha value is -2.02. The van der Waals surface area contributed by atoms with Crippen molar-refractivity contribution >= 4 is 11.8 Å². The summed E-state index contributed by atoms with van der Waals surface area (Å²) in [6, 6.07) is 2.05. The topological polar surface area (TPSA) is 58.6 Å². The highest BCUT2D eigenvalue weighted by Gasteiger charge is 2.53. The van der Waals surface area contributed by atoms with Crippen LogP contribution in [-0.4, -0.2) is 41.6 Å². The number of hydrogen-bond donors (Lipinski definition) is 1. The highest BCUT2D eigenvalue weighted by atomic mass is 19.1. The van der Waals surface area contributed by atoms with E-state index in [1.54, 1.807) is 0 Å². The van der Waals surface area contributed by atoms with Crippen LogP contribution in [0, 0.1) is 17.6 Å². The minimum Gasteiger partial charge on any atom is -0.354 e. The second-order valence-corrected chi connectivity index (χ2v) is 7.77. The second-order valence-electron chi connectivity index (χ2n) is 7.77. The number of amides is 2. The first kappa shape index (κ1) is 19.7. The van der Waals surface area contributed by atoms with Crippen LogP contribution >= 0.6 is 0 Å². The zero-order valence-electron chi connectivity index (χ0n) is 15.8. The molecule has 1 saturated carbocycles. The van der Waals surface area contributed by atoms with Crippen LogP contribution < -0.4 is 5.32 Å². The molecule has 1 saturated heterocycles. The number of carbonyl (C=O) groups is 2. The predicted octanol–water partition coefficient (Wildman–Crippen LogP) is 3.24. The highest BCUT2D eigenvalue weighted by Crippen LogP contribution is 2.41. The summed E-state index contributed by atoms with van der Waals surface area (Å²) in [4.78, 5) is 27.3. The molecule has 1 aromatic carbocycles. The number of halogens is 2. The van der Waals surface area contributed by atoms with Crippen molar-refractivity contribution in [3.63, 3.8) is 0 Å². The number of nitrogens with zero attached hydrogens (tertiary/aromatic N) is 1. The van der Waals surface area contributed by atoms with E-state index in [1.165, 1.54) is 4.90 Å². The molecule has 27 heavy (non-hydrogen) atoms. The largest absolute Gasteiger partial charge is 0.354 e. The summed E-state index contributed by atoms with van der Waals surface area (Å²) in [5, 5.41) is 2.84. The average molecular weight is 380 g/mol. The Bertz CT molecular complexity index is 717. The Morgan fingerprint density at radius 1 is 1.26 bits per heavy atom. The van der Waals surface area contributed by atoms with E-state index < -0.39 is 29.3 Å². The number of rotatable bonds is 4. The Kier molecular flexibility index (Phi) is 5.79. The Morgan fingerprint density at radius 2 is 1.96 bits per heavy atom. The van der Waals surface area contributed by atoms with Gasteiger partial charge in [0, 0.05) is 12.6 Å². The van der Waals surface area contributed by atoms with Gasteiger partial charge in [-0.3, -0.25) is 14.5 Å². The third-order valence-electron chi connectivity index (χ3n) is 5.26. The van der Waals surface area contributed by atoms with Gasteiger partial charge < -0.3 is 10.1 Å². The minimum absolute atomic E-state index is 0.0818. The molecule has 1 aromatic rings. The molecule has 0 radical (unpaired) electrons. The van der Waals surface area contributed by atoms with E-state index in [9.17, 15) is 18.4 Å². The van der Waals surface area contributed by atoms with Gasteiger partial charge in [0.15, 0.2) is 0 Å². The molecule has 1 atom stereocenters. The number of carbonyl (C=O) groups excluding carboxylic acids is 2. The van der Waals surface area contributed by atoms with Gasteiger partial charge in [-0.05, 0) is 43.7 Å². The minimum atomic E-state index is -0.931. The molecule has 2 fully saturated rings. The van der Waals surface area contributed by atoms with Gasteiger partial charge in [0.1, 0.15) is 23.4 Å². The van der Waals surface area contributed by atoms with Gasteiger partial charge in [0.25, 0.3) is 5.91 Å². The molecular weight excluding hydrogens is 354 g/mol. The average Bonchev–Trinajstić information content (AvgIpc) is 2.98. The summed E-state index contributed by atoms with van der Waals surface area (Å²) in [7, 11) is 0. The lowest BCUT2D eigenvalue weighted by molar-refractivity contribution is -0.127. The Morgan fingerprint density at radius 3 is 2.59 bits per heavy atom. The summed E-state index contributed by atoms with van der Waals surface area (Å²) < 4.78 is 33.5. The second kappa shape index (κ2) is 7.92. The normalized spacial score (nSPS) is 21.7. The maximum atomic E-state index is 14.3. The molecule has 3 rings (SSSR count). The molecule has 2 aliphatic rings. The van der Waals surface area contributed by atoms with Crippen molar-refractivity contribution in [3.8, 4) is 0 Å². The molecule has 1 N–H and O–H groups in total. The van der Waals surface area contributed by atoms with E-state index in [-0.39, 0.29) is 24.0 Å². The van der Waals surface area contributed by atoms with E-state index in [0.29, 0.717) is 25.5 Å². The van der Waals surface area contributed by atoms with Gasteiger partial charge in [-0.25, -0.2) is 8.78 Å². The molecule has 1 aliphatic heterocycles. The standard InChI is InChI=1S/C20H26F2N2O3/c1-13(2)11-23-18(25)17-12-27-20(8-4-3-5-9-20)24(17)19(26)15-7-6-14(21)10-16(15)22/h6-7,10,13,17H,3-5,8-9,11-12H2,1-2H3,(H,23,25)/t17-/m1/s1. The molecule has 0 unspecified atom stereocenters. The first-order valence-electron chi connectivity index (χ1n) is 9.54. The zero-order valence-corrected chi connectivity index (χ0v) is 15.8. The van der Waals surface area contributed by atoms with Gasteiger partial charge in [0.05, 0.1) is 12.2 Å². The summed E-state index contributed by atoms with van der Waals surface area (Å²) in [5.74, 6) is -2.35. The molecule has 1 aliphatic carbocycles. The maximum absolute atomic E-state index is 14.3. The zero-order chi connectivity index (χ0) is 19.6. The molecule has 1 heterocycles. The lowest BCUT2D eigenvalue weighted by atomic mass is 9.89. The quantitative estimate of drug-likeness (QED) is 0.872. The van der Waals surface area contributed by atoms with Gasteiger partial charge in [-0.2, -0.15) is 0 Å². The van der Waals surface area contributed by atoms with Crippen LogP contribution in [0.2, 0.25) is 0 Å². The molecule has 2 amide bonds. The van der Waals surface area contributed by atoms with Gasteiger partial charge in [-0.1, -0.05) is 20.3 Å². The van der Waals surface area contributed by atoms with Crippen molar-refractivity contribution in [2.75, 3.05) is 13.2 Å². The van der Waals surface area contributed by atoms with Crippen LogP contribution in [0.15, 0.2) is 18.2 Å². The molecule has 0 bridgehead atoms. The van der Waals surface area contributed by atoms with Crippen LogP contribution in [0.4, 0.5) is 8.78 Å². The summed E-state index contributed by atoms with van der Waals surface area (Å²) in [6.07, 6.45) is 3.99. The van der Waals surface area contributed by atoms with E-state index >= 15 is 0 Å². The van der Waals surface area contributed by atoms with Crippen LogP contribution in [0.25, 0.3) is 0 Å². The molecule has 148 valence electrons. The van der Waals surface area contributed by atoms with Gasteiger partial charge >= 0.3 is 0 Å². The van der Waals surface area contributed by atoms with Crippen molar-refractivity contribution < 1.29 is 23.1 Å². The van der Waals surface area contributed by atoms with Crippen molar-refractivity contribution in [2.24, 2.45) is 5.92 Å². The molecule has 7 heteroatoms. The van der Waals surface area contributed by atoms with Crippen molar-refractivity contribution in [1.29, 1.82) is 0 Å². The first-order chi connectivity index (χ1) is 12.8. The Balaban J connectivity index is 1.92. The summed E-state index contributed by atoms with van der Waals surface area (Å²) in [5.41, 5.74) is -1.13. The number of hydrogen-bond acceptors (Lipinski definition) is 3. The third-order valence-corrected chi connectivity index (χ3v) is 5.26. The lowest BCUT2D eigenvalue weighted by Crippen LogP contribution is -2.56. The number of nitrogens with one attached hydrogen (secondary N) is 1. The van der Waals surface area contributed by atoms with Crippen molar-refractivity contribution in [1.82, 2.24) is 10.2 Å². The van der Waals surface area contributed by atoms with Crippen LogP contribution in [0.1, 0.15) is 56.3 Å². The molecule has 5 nitrogen and oxygen atoms in total. The van der Waals surface area contributed by atoms with Crippen molar-refractivity contribution in [3.05, 3.63) is 35.4 Å². The van der Waals surface area contributed by atoms with Crippen molar-refractivity contribution in [2.45, 2.75) is 57.7 Å². The third kappa shape index (κ3) is 3.98. The SMILES string of the molecule is CC(C)CNC(=O)[C@H]1COC2(CCCCC2)N1C(=O)c1ccc(F)cc1F. The lowest BCUT2D eigenvalue weighted by Gasteiger charge is -2.41. The molecule has 1 spiro atoms. The van der Waals surface area contributed by atoms with Gasteiger partial charge in [0.2, 0.25) is 5.91 Å². The summed E-state index contributed by atoms with van der Waals surface area (Å²) in [6.45, 7) is 4.52. The predicted molar refractivity (Wildman–Crippen MR) is 95.9 cm³/mol. The monoisotopic (exact) mass is 380 g/mol. The highest BCUT2D eigenvalue weighted by molar-refractivity contribution is 5.98. The van der Waals surface area contributed by atoms with Crippen LogP contribution in [-0.2, 0) is 9.53 Å². The fraction of sp³-hybridized carbons (Fsp3) is 0.600. The van der Waals surface area contributed by atoms with Gasteiger partial charge in [-0.15, -0.1) is 0 Å². The van der Waals surface area contributed by atoms with E-state index in [1.807, 2.05) is 13.8 Å². The number of benzene rings is 1. The first-order valence-corrected chi connectivity index (χ1v) is 9.54. The molecule has 0 aromatic heterocycles. The smallest absolute Gasteiger partial charge is 0.259 e. The maximum Gasteiger partial charge on any atom is 0.259 e. The molecular formula is C20H26F2N2O3. The van der Waals surface area contributed by atoms with E-state index in [4.69, 9.17) is 4.74 Å². The number of ether oxygens (including phenoxy) is 1. The fourth-order valence-corrected chi connectivity index (χ4v) is 3.89. The summed E-state index contributed by atoms with van der Waals surface area (Å²) >= 11 is 0. The Labute approximate surface area is 158 Å². The van der Waals surface area contributed by atoms with E-state index in [0.717, 1.165) is 31.4 Å². The van der Waals surface area contributed by atoms with Crippen LogP contribution in [0.5, 0.6) is 0 Å². The van der Waals surface area contributed by atoms with E-state index in [2.05, 4.69) is 5.32 Å².